The number of pyridine rings is 1. The monoisotopic (exact) mass is 1180 g/mol. The Morgan fingerprint density at radius 3 is 1.84 bits per heavy atom. The van der Waals surface area contributed by atoms with Crippen LogP contribution in [0.2, 0.25) is 0 Å². The average Bonchev–Trinajstić information content (AvgIpc) is 3.81. The summed E-state index contributed by atoms with van der Waals surface area (Å²) in [6, 6.07) is 54.2. The molecule has 0 spiro atoms. The first-order valence-electron chi connectivity index (χ1n) is 29.4. The second-order valence-corrected chi connectivity index (χ2v) is 23.5. The number of aryl methyl sites for hydroxylation is 2. The van der Waals surface area contributed by atoms with Crippen LogP contribution in [0.3, 0.4) is 0 Å². The van der Waals surface area contributed by atoms with Crippen molar-refractivity contribution in [3.8, 4) is 56.1 Å². The molecule has 4 nitrogen and oxygen atoms in total. The molecular formula is C70H76N3OPt-3. The van der Waals surface area contributed by atoms with Crippen molar-refractivity contribution in [3.63, 3.8) is 0 Å². The molecule has 1 unspecified atom stereocenters. The molecule has 1 atom stereocenters. The van der Waals surface area contributed by atoms with Gasteiger partial charge in [0.25, 0.3) is 0 Å². The van der Waals surface area contributed by atoms with E-state index in [1.165, 1.54) is 40.1 Å². The summed E-state index contributed by atoms with van der Waals surface area (Å²) in [5, 5.41) is 5.58. The van der Waals surface area contributed by atoms with Gasteiger partial charge in [-0.05, 0) is 134 Å². The molecule has 1 aliphatic heterocycles. The van der Waals surface area contributed by atoms with Gasteiger partial charge in [-0.3, -0.25) is 0 Å². The summed E-state index contributed by atoms with van der Waals surface area (Å²) in [4.78, 5) is 7.06. The van der Waals surface area contributed by atoms with Crippen molar-refractivity contribution in [2.45, 2.75) is 151 Å². The molecule has 0 aliphatic carbocycles. The molecule has 8 aromatic rings. The van der Waals surface area contributed by atoms with Gasteiger partial charge in [0.05, 0.1) is 5.69 Å². The third-order valence-electron chi connectivity index (χ3n) is 14.5. The molecule has 0 fully saturated rings. The number of hydrogen-bond acceptors (Lipinski definition) is 3. The van der Waals surface area contributed by atoms with Crippen molar-refractivity contribution < 1.29 is 34.0 Å². The van der Waals surface area contributed by atoms with E-state index in [9.17, 15) is 0 Å². The van der Waals surface area contributed by atoms with Crippen LogP contribution in [0.25, 0.3) is 50.0 Å². The minimum atomic E-state index is -2.73. The molecule has 1 aromatic heterocycles. The van der Waals surface area contributed by atoms with Crippen molar-refractivity contribution >= 4 is 17.1 Å². The molecule has 390 valence electrons. The van der Waals surface area contributed by atoms with Crippen LogP contribution in [-0.4, -0.2) is 4.98 Å². The van der Waals surface area contributed by atoms with Crippen LogP contribution in [0, 0.1) is 25.8 Å². The molecule has 0 bridgehead atoms. The van der Waals surface area contributed by atoms with Gasteiger partial charge in [-0.25, -0.2) is 0 Å². The van der Waals surface area contributed by atoms with E-state index in [1.54, 1.807) is 0 Å². The Bertz CT molecular complexity index is 3540. The number of fused-ring (bicyclic) bond motifs is 1. The topological polar surface area (TPSA) is 39.5 Å². The molecule has 75 heavy (non-hydrogen) atoms. The maximum atomic E-state index is 8.46. The van der Waals surface area contributed by atoms with Crippen LogP contribution in [0.4, 0.5) is 17.1 Å². The van der Waals surface area contributed by atoms with E-state index in [0.29, 0.717) is 28.9 Å². The average molecular weight is 1180 g/mol. The first-order chi connectivity index (χ1) is 37.5. The number of benzene rings is 7. The summed E-state index contributed by atoms with van der Waals surface area (Å²) in [6.45, 7) is 25.7. The first kappa shape index (κ1) is 47.2. The normalized spacial score (nSPS) is 15.2. The number of nitrogens with zero attached hydrogens (tertiary/aromatic N) is 3. The van der Waals surface area contributed by atoms with Crippen LogP contribution < -0.4 is 9.64 Å². The summed E-state index contributed by atoms with van der Waals surface area (Å²) in [5.41, 5.74) is 16.6. The smallest absolute Gasteiger partial charge is 0.0519 e. The minimum absolute atomic E-state index is 0. The van der Waals surface area contributed by atoms with Crippen molar-refractivity contribution in [1.82, 2.24) is 4.98 Å². The molecule has 2 heterocycles. The Balaban J connectivity index is 0.00000860. The third kappa shape index (κ3) is 11.5. The van der Waals surface area contributed by atoms with Gasteiger partial charge < -0.3 is 19.9 Å². The predicted octanol–water partition coefficient (Wildman–Crippen LogP) is 20.7. The summed E-state index contributed by atoms with van der Waals surface area (Å²) in [6.07, 6.45) is 0.610. The summed E-state index contributed by atoms with van der Waals surface area (Å²) < 4.78 is 57.3. The molecule has 0 radical (unpaired) electrons. The molecule has 0 N–H and O–H groups in total. The molecule has 0 saturated heterocycles. The molecule has 0 saturated carbocycles. The number of hydrogen-bond donors (Lipinski definition) is 0. The van der Waals surface area contributed by atoms with E-state index in [-0.39, 0.29) is 60.6 Å². The SMILES string of the molecule is [2H]C([2H])([2H])c1cnc(-c2[c-]c(Oc3[c-]c(C4[N-]c5ccccc5N4c4c(-c5ccccc5)cc(-c5ccc(C(C)C)cc5)cc4C(C)(C)C)cc(C(C)(C)C)c3)cc(-c3c(C(C)C)cc(C(C)C)cc3C(C)C)c2)cc1C([2H])([2H])[2H].[Pt]. The minimum Gasteiger partial charge on any atom is -0.661 e. The maximum absolute atomic E-state index is 8.46. The zero-order chi connectivity index (χ0) is 58.0. The standard InChI is InChI=1S/C70H76N3O.Pt/c1-42(2)48-26-28-49(29-27-48)52-38-61(50-22-18-17-19-23-50)67(62(39-52)70(14,15)16)73-65-25-21-20-24-63(65)72-68(73)55-32-56(69(11,12)13)40-58(35-55)74-57-33-53(64-30-46(9)47(10)41-71-64)31-54(34-57)66-59(44(5)6)36-51(43(3)4)37-60(66)45(7)8;/h17-32,34,36-45,68H,1-16H3;/q-3;/i9D3,10D3;. The Hall–Kier alpha value is -6.22. The second kappa shape index (κ2) is 21.8. The van der Waals surface area contributed by atoms with Crippen LogP contribution in [0.15, 0.2) is 140 Å². The third-order valence-corrected chi connectivity index (χ3v) is 14.5. The number of para-hydroxylation sites is 2. The van der Waals surface area contributed by atoms with Crippen molar-refractivity contribution in [1.29, 1.82) is 0 Å². The van der Waals surface area contributed by atoms with Crippen molar-refractivity contribution in [2.75, 3.05) is 4.90 Å². The largest absolute Gasteiger partial charge is 0.661 e. The van der Waals surface area contributed by atoms with E-state index in [0.717, 1.165) is 61.6 Å². The zero-order valence-corrected chi connectivity index (χ0v) is 48.5. The molecule has 0 amide bonds. The number of ether oxygens (including phenoxy) is 1. The fraction of sp³-hybridized carbons (Fsp3) is 0.329. The van der Waals surface area contributed by atoms with Crippen LogP contribution in [0.1, 0.15) is 185 Å². The summed E-state index contributed by atoms with van der Waals surface area (Å²) in [5.74, 6) is 1.82. The number of aromatic nitrogens is 1. The van der Waals surface area contributed by atoms with Gasteiger partial charge >= 0.3 is 0 Å². The quantitative estimate of drug-likeness (QED) is 0.114. The molecule has 1 aliphatic rings. The Morgan fingerprint density at radius 1 is 0.587 bits per heavy atom. The second-order valence-electron chi connectivity index (χ2n) is 23.5. The Labute approximate surface area is 473 Å². The van der Waals surface area contributed by atoms with Crippen LogP contribution in [-0.2, 0) is 31.9 Å². The first-order valence-corrected chi connectivity index (χ1v) is 26.4. The maximum Gasteiger partial charge on any atom is 0.0519 e. The van der Waals surface area contributed by atoms with E-state index < -0.39 is 19.9 Å². The summed E-state index contributed by atoms with van der Waals surface area (Å²) in [7, 11) is 0. The Morgan fingerprint density at radius 2 is 1.23 bits per heavy atom. The van der Waals surface area contributed by atoms with Gasteiger partial charge in [0.1, 0.15) is 0 Å². The molecule has 9 rings (SSSR count). The number of anilines is 2. The van der Waals surface area contributed by atoms with Gasteiger partial charge in [-0.1, -0.05) is 211 Å². The van der Waals surface area contributed by atoms with E-state index in [2.05, 4.69) is 222 Å². The van der Waals surface area contributed by atoms with Gasteiger partial charge in [-0.15, -0.1) is 35.0 Å². The molecule has 7 aromatic carbocycles. The zero-order valence-electron chi connectivity index (χ0n) is 52.2. The van der Waals surface area contributed by atoms with Crippen molar-refractivity contribution in [2.24, 2.45) is 0 Å². The van der Waals surface area contributed by atoms with Gasteiger partial charge in [-0.2, -0.15) is 11.6 Å². The van der Waals surface area contributed by atoms with Crippen LogP contribution in [0.5, 0.6) is 11.5 Å². The fourth-order valence-corrected chi connectivity index (χ4v) is 10.2. The Kier molecular flexibility index (Phi) is 13.7. The van der Waals surface area contributed by atoms with Gasteiger partial charge in [0, 0.05) is 58.2 Å². The van der Waals surface area contributed by atoms with E-state index in [1.807, 2.05) is 24.3 Å². The molecular weight excluding hydrogens is 1090 g/mol. The van der Waals surface area contributed by atoms with Gasteiger partial charge in [0.15, 0.2) is 0 Å². The van der Waals surface area contributed by atoms with Crippen LogP contribution >= 0.6 is 0 Å². The number of rotatable bonds is 12. The molecule has 5 heteroatoms. The van der Waals surface area contributed by atoms with E-state index in [4.69, 9.17) is 18.3 Å². The van der Waals surface area contributed by atoms with E-state index >= 15 is 0 Å². The summed E-state index contributed by atoms with van der Waals surface area (Å²) >= 11 is 0. The fourth-order valence-electron chi connectivity index (χ4n) is 10.2. The predicted molar refractivity (Wildman–Crippen MR) is 314 cm³/mol. The van der Waals surface area contributed by atoms with Crippen molar-refractivity contribution in [3.05, 3.63) is 207 Å². The van der Waals surface area contributed by atoms with Gasteiger partial charge in [0.2, 0.25) is 0 Å².